The molecular formula is C17H16ClN5O. The van der Waals surface area contributed by atoms with Gasteiger partial charge in [0.2, 0.25) is 5.91 Å². The summed E-state index contributed by atoms with van der Waals surface area (Å²) < 4.78 is 0. The molecule has 0 aliphatic carbocycles. The van der Waals surface area contributed by atoms with Crippen LogP contribution in [-0.4, -0.2) is 28.5 Å². The van der Waals surface area contributed by atoms with E-state index in [1.165, 1.54) is 6.20 Å². The summed E-state index contributed by atoms with van der Waals surface area (Å²) in [6, 6.07) is 5.34. The number of carbonyl (C=O) groups excluding carboxylic acids is 1. The molecule has 0 spiro atoms. The summed E-state index contributed by atoms with van der Waals surface area (Å²) in [6.07, 6.45) is 6.38. The van der Waals surface area contributed by atoms with E-state index in [1.54, 1.807) is 30.3 Å². The van der Waals surface area contributed by atoms with Gasteiger partial charge in [-0.3, -0.25) is 9.78 Å². The Morgan fingerprint density at radius 1 is 1.46 bits per heavy atom. The number of aromatic nitrogens is 2. The van der Waals surface area contributed by atoms with Gasteiger partial charge >= 0.3 is 0 Å². The van der Waals surface area contributed by atoms with E-state index in [1.807, 2.05) is 6.07 Å². The van der Waals surface area contributed by atoms with Crippen molar-refractivity contribution in [2.45, 2.75) is 25.8 Å². The Bertz CT molecular complexity index is 803. The highest BCUT2D eigenvalue weighted by atomic mass is 35.5. The summed E-state index contributed by atoms with van der Waals surface area (Å²) in [6.45, 7) is 2.42. The summed E-state index contributed by atoms with van der Waals surface area (Å²) >= 11 is 6.02. The van der Waals surface area contributed by atoms with E-state index >= 15 is 0 Å². The lowest BCUT2D eigenvalue weighted by atomic mass is 10.0. The van der Waals surface area contributed by atoms with E-state index in [4.69, 9.17) is 11.6 Å². The van der Waals surface area contributed by atoms with E-state index in [0.717, 1.165) is 12.1 Å². The number of pyridine rings is 2. The largest absolute Gasteiger partial charge is 0.357 e. The standard InChI is InChI=1S/C17H16ClN5O/c1-11-13(8-19)16(21-10-14(11)18)22-15-5-3-7-23(17(15)24)12-4-2-6-20-9-12/h2,4,6,9-10,15H,3,5,7H2,1H3,(H,21,22). The second-order valence-electron chi connectivity index (χ2n) is 5.61. The van der Waals surface area contributed by atoms with Crippen LogP contribution >= 0.6 is 11.6 Å². The molecule has 0 radical (unpaired) electrons. The molecule has 122 valence electrons. The molecule has 1 saturated heterocycles. The average Bonchev–Trinajstić information content (AvgIpc) is 2.61. The van der Waals surface area contributed by atoms with Crippen LogP contribution in [0.4, 0.5) is 11.5 Å². The van der Waals surface area contributed by atoms with Gasteiger partial charge in [0.25, 0.3) is 0 Å². The van der Waals surface area contributed by atoms with E-state index < -0.39 is 6.04 Å². The highest BCUT2D eigenvalue weighted by Gasteiger charge is 2.30. The number of nitriles is 1. The second kappa shape index (κ2) is 6.85. The Labute approximate surface area is 145 Å². The van der Waals surface area contributed by atoms with Crippen LogP contribution < -0.4 is 10.2 Å². The third kappa shape index (κ3) is 3.03. The maximum atomic E-state index is 12.8. The van der Waals surface area contributed by atoms with Crippen LogP contribution in [0.25, 0.3) is 0 Å². The molecule has 1 amide bonds. The fourth-order valence-electron chi connectivity index (χ4n) is 2.77. The van der Waals surface area contributed by atoms with Crippen molar-refractivity contribution in [1.82, 2.24) is 9.97 Å². The number of amides is 1. The van der Waals surface area contributed by atoms with Crippen LogP contribution in [0.1, 0.15) is 24.0 Å². The molecule has 2 aromatic rings. The fourth-order valence-corrected chi connectivity index (χ4v) is 2.91. The first-order chi connectivity index (χ1) is 11.6. The van der Waals surface area contributed by atoms with Crippen molar-refractivity contribution in [2.75, 3.05) is 16.8 Å². The van der Waals surface area contributed by atoms with Crippen LogP contribution in [0.3, 0.4) is 0 Å². The van der Waals surface area contributed by atoms with Crippen molar-refractivity contribution in [3.05, 3.63) is 46.9 Å². The Morgan fingerprint density at radius 3 is 3.00 bits per heavy atom. The summed E-state index contributed by atoms with van der Waals surface area (Å²) in [5, 5.41) is 12.9. The number of hydrogen-bond acceptors (Lipinski definition) is 5. The van der Waals surface area contributed by atoms with Crippen molar-refractivity contribution < 1.29 is 4.79 Å². The SMILES string of the molecule is Cc1c(Cl)cnc(NC2CCCN(c3cccnc3)C2=O)c1C#N. The van der Waals surface area contributed by atoms with Crippen LogP contribution in [0.2, 0.25) is 5.02 Å². The highest BCUT2D eigenvalue weighted by Crippen LogP contribution is 2.26. The van der Waals surface area contributed by atoms with Gasteiger partial charge in [-0.25, -0.2) is 4.98 Å². The third-order valence-corrected chi connectivity index (χ3v) is 4.48. The fraction of sp³-hybridized carbons (Fsp3) is 0.294. The minimum absolute atomic E-state index is 0.0486. The van der Waals surface area contributed by atoms with Crippen molar-refractivity contribution in [3.63, 3.8) is 0 Å². The van der Waals surface area contributed by atoms with Gasteiger partial charge in [-0.2, -0.15) is 5.26 Å². The van der Waals surface area contributed by atoms with Gasteiger partial charge in [-0.15, -0.1) is 0 Å². The monoisotopic (exact) mass is 341 g/mol. The van der Waals surface area contributed by atoms with E-state index in [9.17, 15) is 10.1 Å². The normalized spacial score (nSPS) is 17.5. The highest BCUT2D eigenvalue weighted by molar-refractivity contribution is 6.31. The lowest BCUT2D eigenvalue weighted by molar-refractivity contribution is -0.120. The van der Waals surface area contributed by atoms with Crippen molar-refractivity contribution in [3.8, 4) is 6.07 Å². The molecule has 6 nitrogen and oxygen atoms in total. The molecule has 3 rings (SSSR count). The molecule has 1 aliphatic rings. The van der Waals surface area contributed by atoms with Crippen LogP contribution in [0.15, 0.2) is 30.7 Å². The van der Waals surface area contributed by atoms with Crippen LogP contribution in [0.5, 0.6) is 0 Å². The molecule has 2 aromatic heterocycles. The van der Waals surface area contributed by atoms with Crippen LogP contribution in [-0.2, 0) is 4.79 Å². The van der Waals surface area contributed by atoms with E-state index in [0.29, 0.717) is 34.9 Å². The summed E-state index contributed by atoms with van der Waals surface area (Å²) in [7, 11) is 0. The molecule has 1 aliphatic heterocycles. The first kappa shape index (κ1) is 16.2. The molecule has 1 N–H and O–H groups in total. The zero-order valence-electron chi connectivity index (χ0n) is 13.2. The predicted octanol–water partition coefficient (Wildman–Crippen LogP) is 2.92. The van der Waals surface area contributed by atoms with Crippen molar-refractivity contribution in [2.24, 2.45) is 0 Å². The zero-order chi connectivity index (χ0) is 17.1. The first-order valence-electron chi connectivity index (χ1n) is 7.65. The maximum Gasteiger partial charge on any atom is 0.249 e. The molecular weight excluding hydrogens is 326 g/mol. The molecule has 3 heterocycles. The molecule has 1 atom stereocenters. The third-order valence-electron chi connectivity index (χ3n) is 4.10. The van der Waals surface area contributed by atoms with Crippen LogP contribution in [0, 0.1) is 18.3 Å². The average molecular weight is 342 g/mol. The van der Waals surface area contributed by atoms with Gasteiger partial charge < -0.3 is 10.2 Å². The second-order valence-corrected chi connectivity index (χ2v) is 6.01. The number of rotatable bonds is 3. The van der Waals surface area contributed by atoms with E-state index in [2.05, 4.69) is 21.4 Å². The lowest BCUT2D eigenvalue weighted by Crippen LogP contribution is -2.48. The number of hydrogen-bond donors (Lipinski definition) is 1. The molecule has 0 saturated carbocycles. The van der Waals surface area contributed by atoms with Gasteiger partial charge in [-0.05, 0) is 37.5 Å². The molecule has 0 bridgehead atoms. The molecule has 1 unspecified atom stereocenters. The number of nitrogens with zero attached hydrogens (tertiary/aromatic N) is 4. The minimum atomic E-state index is -0.431. The topological polar surface area (TPSA) is 81.9 Å². The Kier molecular flexibility index (Phi) is 4.63. The van der Waals surface area contributed by atoms with Crippen molar-refractivity contribution in [1.29, 1.82) is 5.26 Å². The Hall–Kier alpha value is -2.65. The van der Waals surface area contributed by atoms with Gasteiger partial charge in [-0.1, -0.05) is 11.6 Å². The van der Waals surface area contributed by atoms with Crippen molar-refractivity contribution >= 4 is 29.0 Å². The smallest absolute Gasteiger partial charge is 0.249 e. The van der Waals surface area contributed by atoms with Gasteiger partial charge in [0.05, 0.1) is 22.5 Å². The van der Waals surface area contributed by atoms with Gasteiger partial charge in [0.1, 0.15) is 17.9 Å². The quantitative estimate of drug-likeness (QED) is 0.928. The first-order valence-corrected chi connectivity index (χ1v) is 8.02. The number of anilines is 2. The zero-order valence-corrected chi connectivity index (χ0v) is 13.9. The maximum absolute atomic E-state index is 12.8. The van der Waals surface area contributed by atoms with Gasteiger partial charge in [0, 0.05) is 18.9 Å². The molecule has 7 heteroatoms. The number of nitrogens with one attached hydrogen (secondary N) is 1. The molecule has 24 heavy (non-hydrogen) atoms. The Balaban J connectivity index is 1.85. The predicted molar refractivity (Wildman–Crippen MR) is 91.9 cm³/mol. The number of halogens is 1. The van der Waals surface area contributed by atoms with Gasteiger partial charge in [0.15, 0.2) is 0 Å². The number of carbonyl (C=O) groups is 1. The number of piperidine rings is 1. The summed E-state index contributed by atoms with van der Waals surface area (Å²) in [4.78, 5) is 22.7. The molecule has 1 fully saturated rings. The minimum Gasteiger partial charge on any atom is -0.357 e. The summed E-state index contributed by atoms with van der Waals surface area (Å²) in [5.41, 5.74) is 1.80. The van der Waals surface area contributed by atoms with E-state index in [-0.39, 0.29) is 5.91 Å². The summed E-state index contributed by atoms with van der Waals surface area (Å²) in [5.74, 6) is 0.346. The lowest BCUT2D eigenvalue weighted by Gasteiger charge is -2.32. The molecule has 0 aromatic carbocycles. The Morgan fingerprint density at radius 2 is 2.29 bits per heavy atom.